The number of nitrogens with zero attached hydrogens (tertiary/aromatic N) is 2. The van der Waals surface area contributed by atoms with Crippen molar-refractivity contribution in [3.05, 3.63) is 16.1 Å². The second-order valence-corrected chi connectivity index (χ2v) is 8.40. The molecule has 0 spiro atoms. The number of thiazole rings is 1. The van der Waals surface area contributed by atoms with Gasteiger partial charge in [0.2, 0.25) is 0 Å². The molecule has 2 fully saturated rings. The van der Waals surface area contributed by atoms with E-state index in [-0.39, 0.29) is 5.41 Å². The van der Waals surface area contributed by atoms with Crippen molar-refractivity contribution in [3.63, 3.8) is 0 Å². The lowest BCUT2D eigenvalue weighted by molar-refractivity contribution is -0.00892. The third-order valence-electron chi connectivity index (χ3n) is 4.84. The van der Waals surface area contributed by atoms with E-state index in [0.29, 0.717) is 6.04 Å². The number of hydrogen-bond acceptors (Lipinski definition) is 4. The quantitative estimate of drug-likeness (QED) is 0.911. The van der Waals surface area contributed by atoms with E-state index in [4.69, 9.17) is 4.98 Å². The average molecular weight is 294 g/mol. The van der Waals surface area contributed by atoms with Gasteiger partial charge in [0, 0.05) is 29.8 Å². The maximum Gasteiger partial charge on any atom is 0.0957 e. The third kappa shape index (κ3) is 2.66. The molecule has 2 aliphatic heterocycles. The van der Waals surface area contributed by atoms with Gasteiger partial charge in [-0.3, -0.25) is 4.90 Å². The van der Waals surface area contributed by atoms with Crippen LogP contribution in [0.15, 0.2) is 5.38 Å². The summed E-state index contributed by atoms with van der Waals surface area (Å²) in [5, 5.41) is 14.3. The molecular weight excluding hydrogens is 268 g/mol. The van der Waals surface area contributed by atoms with Gasteiger partial charge in [-0.2, -0.15) is 0 Å². The molecule has 0 saturated carbocycles. The molecule has 1 aromatic heterocycles. The van der Waals surface area contributed by atoms with Gasteiger partial charge in [-0.1, -0.05) is 27.2 Å². The lowest BCUT2D eigenvalue weighted by atomic mass is 9.86. The van der Waals surface area contributed by atoms with Gasteiger partial charge in [0.25, 0.3) is 0 Å². The molecular formula is C16H26N2OS. The Hall–Kier alpha value is -0.450. The van der Waals surface area contributed by atoms with Crippen molar-refractivity contribution in [1.82, 2.24) is 9.88 Å². The van der Waals surface area contributed by atoms with Gasteiger partial charge in [0.15, 0.2) is 0 Å². The van der Waals surface area contributed by atoms with Crippen LogP contribution in [0.1, 0.15) is 57.2 Å². The van der Waals surface area contributed by atoms with Gasteiger partial charge >= 0.3 is 0 Å². The number of fused-ring (bicyclic) bond motifs is 1. The summed E-state index contributed by atoms with van der Waals surface area (Å²) in [7, 11) is 0. The SMILES string of the molecule is CC(C)(C)c1csc(CC2(O)CCN3CCCCC32)n1. The first-order chi connectivity index (χ1) is 9.38. The zero-order chi connectivity index (χ0) is 14.4. The Morgan fingerprint density at radius 2 is 2.20 bits per heavy atom. The molecule has 2 saturated heterocycles. The highest BCUT2D eigenvalue weighted by Gasteiger charge is 2.47. The number of aromatic nitrogens is 1. The molecule has 2 atom stereocenters. The van der Waals surface area contributed by atoms with Crippen LogP contribution in [0.4, 0.5) is 0 Å². The van der Waals surface area contributed by atoms with Crippen molar-refractivity contribution in [2.24, 2.45) is 0 Å². The van der Waals surface area contributed by atoms with Crippen LogP contribution < -0.4 is 0 Å². The van der Waals surface area contributed by atoms with Crippen LogP contribution in [0.25, 0.3) is 0 Å². The Labute approximate surface area is 126 Å². The first-order valence-corrected chi connectivity index (χ1v) is 8.68. The fourth-order valence-electron chi connectivity index (χ4n) is 3.58. The molecule has 20 heavy (non-hydrogen) atoms. The van der Waals surface area contributed by atoms with Crippen LogP contribution in [0.5, 0.6) is 0 Å². The minimum Gasteiger partial charge on any atom is -0.388 e. The smallest absolute Gasteiger partial charge is 0.0957 e. The zero-order valence-electron chi connectivity index (χ0n) is 12.9. The zero-order valence-corrected chi connectivity index (χ0v) is 13.7. The highest BCUT2D eigenvalue weighted by atomic mass is 32.1. The predicted molar refractivity (Wildman–Crippen MR) is 83.3 cm³/mol. The monoisotopic (exact) mass is 294 g/mol. The number of aliphatic hydroxyl groups is 1. The largest absolute Gasteiger partial charge is 0.388 e. The van der Waals surface area contributed by atoms with Crippen LogP contribution in [0.3, 0.4) is 0 Å². The lowest BCUT2D eigenvalue weighted by Crippen LogP contribution is -2.48. The number of piperidine rings is 1. The van der Waals surface area contributed by atoms with Crippen LogP contribution in [-0.2, 0) is 11.8 Å². The Kier molecular flexibility index (Phi) is 3.68. The molecule has 0 bridgehead atoms. The lowest BCUT2D eigenvalue weighted by Gasteiger charge is -2.37. The Balaban J connectivity index is 1.75. The van der Waals surface area contributed by atoms with E-state index in [1.54, 1.807) is 11.3 Å². The van der Waals surface area contributed by atoms with E-state index in [1.165, 1.54) is 12.8 Å². The van der Waals surface area contributed by atoms with Crippen molar-refractivity contribution < 1.29 is 5.11 Å². The van der Waals surface area contributed by atoms with Crippen LogP contribution >= 0.6 is 11.3 Å². The summed E-state index contributed by atoms with van der Waals surface area (Å²) >= 11 is 1.71. The first-order valence-electron chi connectivity index (χ1n) is 7.80. The van der Waals surface area contributed by atoms with E-state index < -0.39 is 5.60 Å². The van der Waals surface area contributed by atoms with E-state index in [0.717, 1.165) is 43.1 Å². The molecule has 112 valence electrons. The molecule has 0 aliphatic carbocycles. The minimum atomic E-state index is -0.548. The predicted octanol–water partition coefficient (Wildman–Crippen LogP) is 2.97. The van der Waals surface area contributed by atoms with Crippen molar-refractivity contribution in [2.45, 2.75) is 69.9 Å². The van der Waals surface area contributed by atoms with E-state index >= 15 is 0 Å². The van der Waals surface area contributed by atoms with E-state index in [1.807, 2.05) is 0 Å². The van der Waals surface area contributed by atoms with Crippen molar-refractivity contribution >= 4 is 11.3 Å². The molecule has 0 radical (unpaired) electrons. The van der Waals surface area contributed by atoms with Crippen LogP contribution in [-0.4, -0.2) is 39.7 Å². The minimum absolute atomic E-state index is 0.101. The molecule has 3 rings (SSSR count). The molecule has 0 amide bonds. The fraction of sp³-hybridized carbons (Fsp3) is 0.812. The summed E-state index contributed by atoms with van der Waals surface area (Å²) in [6.07, 6.45) is 5.33. The summed E-state index contributed by atoms with van der Waals surface area (Å²) in [5.41, 5.74) is 0.705. The Morgan fingerprint density at radius 1 is 1.40 bits per heavy atom. The Bertz CT molecular complexity index is 479. The van der Waals surface area contributed by atoms with Crippen molar-refractivity contribution in [2.75, 3.05) is 13.1 Å². The summed E-state index contributed by atoms with van der Waals surface area (Å²) in [4.78, 5) is 7.26. The molecule has 4 heteroatoms. The molecule has 0 aromatic carbocycles. The average Bonchev–Trinajstić information content (AvgIpc) is 2.96. The van der Waals surface area contributed by atoms with Gasteiger partial charge in [0.1, 0.15) is 0 Å². The first kappa shape index (κ1) is 14.5. The molecule has 2 aliphatic rings. The topological polar surface area (TPSA) is 36.4 Å². The van der Waals surface area contributed by atoms with E-state index in [2.05, 4.69) is 31.1 Å². The maximum absolute atomic E-state index is 11.1. The van der Waals surface area contributed by atoms with Gasteiger partial charge in [-0.25, -0.2) is 4.98 Å². The summed E-state index contributed by atoms with van der Waals surface area (Å²) in [5.74, 6) is 0. The van der Waals surface area contributed by atoms with Gasteiger partial charge < -0.3 is 5.11 Å². The fourth-order valence-corrected chi connectivity index (χ4v) is 4.71. The Morgan fingerprint density at radius 3 is 2.90 bits per heavy atom. The molecule has 1 N–H and O–H groups in total. The van der Waals surface area contributed by atoms with Crippen LogP contribution in [0, 0.1) is 0 Å². The second kappa shape index (κ2) is 5.08. The highest BCUT2D eigenvalue weighted by Crippen LogP contribution is 2.38. The molecule has 1 aromatic rings. The maximum atomic E-state index is 11.1. The summed E-state index contributed by atoms with van der Waals surface area (Å²) in [6.45, 7) is 8.80. The highest BCUT2D eigenvalue weighted by molar-refractivity contribution is 7.09. The van der Waals surface area contributed by atoms with Gasteiger partial charge in [-0.05, 0) is 25.8 Å². The van der Waals surface area contributed by atoms with Crippen molar-refractivity contribution in [1.29, 1.82) is 0 Å². The number of rotatable bonds is 2. The van der Waals surface area contributed by atoms with Gasteiger partial charge in [-0.15, -0.1) is 11.3 Å². The second-order valence-electron chi connectivity index (χ2n) is 7.45. The molecule has 3 nitrogen and oxygen atoms in total. The van der Waals surface area contributed by atoms with Crippen molar-refractivity contribution in [3.8, 4) is 0 Å². The number of hydrogen-bond donors (Lipinski definition) is 1. The molecule has 3 heterocycles. The van der Waals surface area contributed by atoms with Gasteiger partial charge in [0.05, 0.1) is 16.3 Å². The molecule has 2 unspecified atom stereocenters. The normalized spacial score (nSPS) is 31.5. The summed E-state index contributed by atoms with van der Waals surface area (Å²) in [6, 6.07) is 0.359. The third-order valence-corrected chi connectivity index (χ3v) is 5.69. The van der Waals surface area contributed by atoms with Crippen LogP contribution in [0.2, 0.25) is 0 Å². The standard InChI is InChI=1S/C16H26N2OS/c1-15(2,3)12-11-20-14(17-12)10-16(19)7-9-18-8-5-4-6-13(16)18/h11,13,19H,4-10H2,1-3H3. The van der Waals surface area contributed by atoms with E-state index in [9.17, 15) is 5.11 Å². The summed E-state index contributed by atoms with van der Waals surface area (Å²) < 4.78 is 0.